The fourth-order valence-corrected chi connectivity index (χ4v) is 1.72. The smallest absolute Gasteiger partial charge is 0.287 e. The third kappa shape index (κ3) is 3.92. The molecule has 0 fully saturated rings. The van der Waals surface area contributed by atoms with E-state index in [0.29, 0.717) is 6.54 Å². The van der Waals surface area contributed by atoms with E-state index in [9.17, 15) is 19.7 Å². The summed E-state index contributed by atoms with van der Waals surface area (Å²) in [5.74, 6) is -0.839. The summed E-state index contributed by atoms with van der Waals surface area (Å²) in [6.45, 7) is 3.76. The van der Waals surface area contributed by atoms with E-state index in [0.717, 1.165) is 6.07 Å². The Morgan fingerprint density at radius 1 is 1.45 bits per heavy atom. The fourth-order valence-electron chi connectivity index (χ4n) is 1.47. The Bertz CT molecular complexity index is 548. The van der Waals surface area contributed by atoms with Gasteiger partial charge in [-0.05, 0) is 26.0 Å². The number of halogens is 1. The summed E-state index contributed by atoms with van der Waals surface area (Å²) < 4.78 is 0. The monoisotopic (exact) mass is 299 g/mol. The molecule has 0 aliphatic carbocycles. The van der Waals surface area contributed by atoms with E-state index in [-0.39, 0.29) is 22.2 Å². The van der Waals surface area contributed by atoms with Gasteiger partial charge in [-0.15, -0.1) is 0 Å². The molecular formula is C12H14ClN3O4. The lowest BCUT2D eigenvalue weighted by Gasteiger charge is -2.13. The lowest BCUT2D eigenvalue weighted by atomic mass is 10.2. The average molecular weight is 300 g/mol. The molecule has 0 aliphatic rings. The molecule has 1 atom stereocenters. The van der Waals surface area contributed by atoms with E-state index < -0.39 is 16.9 Å². The van der Waals surface area contributed by atoms with Crippen LogP contribution >= 0.6 is 11.6 Å². The molecule has 0 aliphatic heterocycles. The van der Waals surface area contributed by atoms with Crippen LogP contribution in [0, 0.1) is 10.1 Å². The molecule has 7 nitrogen and oxygen atoms in total. The first-order chi connectivity index (χ1) is 9.36. The van der Waals surface area contributed by atoms with Crippen molar-refractivity contribution in [3.8, 4) is 0 Å². The zero-order chi connectivity index (χ0) is 15.3. The van der Waals surface area contributed by atoms with Crippen LogP contribution in [0.25, 0.3) is 0 Å². The van der Waals surface area contributed by atoms with Gasteiger partial charge in [-0.2, -0.15) is 0 Å². The SMILES string of the molecule is CCNC(=O)C(C)NC(=O)c1ccc([N+](=O)[O-])c(Cl)c1. The number of hydrogen-bond acceptors (Lipinski definition) is 4. The van der Waals surface area contributed by atoms with Crippen molar-refractivity contribution in [2.24, 2.45) is 0 Å². The second kappa shape index (κ2) is 6.85. The molecule has 8 heteroatoms. The zero-order valence-electron chi connectivity index (χ0n) is 11.0. The molecule has 1 unspecified atom stereocenters. The molecule has 1 rings (SSSR count). The summed E-state index contributed by atoms with van der Waals surface area (Å²) in [6.07, 6.45) is 0. The first-order valence-corrected chi connectivity index (χ1v) is 6.27. The van der Waals surface area contributed by atoms with Crippen molar-refractivity contribution >= 4 is 29.1 Å². The molecule has 0 saturated carbocycles. The first kappa shape index (κ1) is 15.9. The van der Waals surface area contributed by atoms with Crippen LogP contribution in [0.5, 0.6) is 0 Å². The molecular weight excluding hydrogens is 286 g/mol. The van der Waals surface area contributed by atoms with Crippen molar-refractivity contribution < 1.29 is 14.5 Å². The van der Waals surface area contributed by atoms with Crippen molar-refractivity contribution in [1.82, 2.24) is 10.6 Å². The number of nitro groups is 1. The van der Waals surface area contributed by atoms with Crippen molar-refractivity contribution in [3.63, 3.8) is 0 Å². The van der Waals surface area contributed by atoms with Crippen molar-refractivity contribution in [1.29, 1.82) is 0 Å². The van der Waals surface area contributed by atoms with Crippen LogP contribution in [0.1, 0.15) is 24.2 Å². The first-order valence-electron chi connectivity index (χ1n) is 5.89. The largest absolute Gasteiger partial charge is 0.355 e. The average Bonchev–Trinajstić information content (AvgIpc) is 2.38. The minimum atomic E-state index is -0.712. The minimum absolute atomic E-state index is 0.131. The Kier molecular flexibility index (Phi) is 5.45. The van der Waals surface area contributed by atoms with Gasteiger partial charge in [0.1, 0.15) is 11.1 Å². The van der Waals surface area contributed by atoms with Crippen LogP contribution in [0.2, 0.25) is 5.02 Å². The molecule has 0 bridgehead atoms. The van der Waals surface area contributed by atoms with Crippen LogP contribution in [-0.4, -0.2) is 29.3 Å². The molecule has 1 aromatic carbocycles. The van der Waals surface area contributed by atoms with Crippen LogP contribution in [0.15, 0.2) is 18.2 Å². The number of hydrogen-bond donors (Lipinski definition) is 2. The normalized spacial score (nSPS) is 11.6. The maximum Gasteiger partial charge on any atom is 0.287 e. The summed E-state index contributed by atoms with van der Waals surface area (Å²) in [5, 5.41) is 15.5. The van der Waals surface area contributed by atoms with Crippen LogP contribution in [-0.2, 0) is 4.79 Å². The quantitative estimate of drug-likeness (QED) is 0.635. The lowest BCUT2D eigenvalue weighted by molar-refractivity contribution is -0.384. The highest BCUT2D eigenvalue weighted by Crippen LogP contribution is 2.24. The highest BCUT2D eigenvalue weighted by Gasteiger charge is 2.18. The van der Waals surface area contributed by atoms with Gasteiger partial charge in [0.15, 0.2) is 0 Å². The molecule has 0 aromatic heterocycles. The number of benzene rings is 1. The van der Waals surface area contributed by atoms with E-state index in [1.54, 1.807) is 6.92 Å². The second-order valence-corrected chi connectivity index (χ2v) is 4.42. The van der Waals surface area contributed by atoms with Crippen LogP contribution < -0.4 is 10.6 Å². The predicted molar refractivity (Wildman–Crippen MR) is 73.7 cm³/mol. The molecule has 2 N–H and O–H groups in total. The summed E-state index contributed by atoms with van der Waals surface area (Å²) >= 11 is 5.72. The molecule has 1 aromatic rings. The Morgan fingerprint density at radius 3 is 2.60 bits per heavy atom. The molecule has 108 valence electrons. The molecule has 0 saturated heterocycles. The second-order valence-electron chi connectivity index (χ2n) is 4.01. The number of nitrogens with zero attached hydrogens (tertiary/aromatic N) is 1. The summed E-state index contributed by atoms with van der Waals surface area (Å²) in [4.78, 5) is 33.3. The van der Waals surface area contributed by atoms with E-state index in [4.69, 9.17) is 11.6 Å². The molecule has 20 heavy (non-hydrogen) atoms. The van der Waals surface area contributed by atoms with Gasteiger partial charge in [0.25, 0.3) is 11.6 Å². The standard InChI is InChI=1S/C12H14ClN3O4/c1-3-14-11(17)7(2)15-12(18)8-4-5-10(16(19)20)9(13)6-8/h4-7H,3H2,1-2H3,(H,14,17)(H,15,18). The van der Waals surface area contributed by atoms with Gasteiger partial charge in [-0.1, -0.05) is 11.6 Å². The van der Waals surface area contributed by atoms with E-state index >= 15 is 0 Å². The molecule has 0 heterocycles. The molecule has 0 radical (unpaired) electrons. The van der Waals surface area contributed by atoms with E-state index in [1.807, 2.05) is 0 Å². The van der Waals surface area contributed by atoms with Gasteiger partial charge in [0.2, 0.25) is 5.91 Å². The summed E-state index contributed by atoms with van der Waals surface area (Å²) in [5.41, 5.74) is -0.128. The van der Waals surface area contributed by atoms with Crippen molar-refractivity contribution in [2.45, 2.75) is 19.9 Å². The Morgan fingerprint density at radius 2 is 2.10 bits per heavy atom. The maximum absolute atomic E-state index is 11.9. The Hall–Kier alpha value is -2.15. The zero-order valence-corrected chi connectivity index (χ0v) is 11.7. The van der Waals surface area contributed by atoms with Crippen molar-refractivity contribution in [3.05, 3.63) is 38.9 Å². The highest BCUT2D eigenvalue weighted by molar-refractivity contribution is 6.33. The summed E-state index contributed by atoms with van der Waals surface area (Å²) in [6, 6.07) is 2.91. The number of carbonyl (C=O) groups is 2. The van der Waals surface area contributed by atoms with Gasteiger partial charge < -0.3 is 10.6 Å². The Balaban J connectivity index is 2.81. The van der Waals surface area contributed by atoms with E-state index in [1.165, 1.54) is 19.1 Å². The third-order valence-electron chi connectivity index (χ3n) is 2.50. The lowest BCUT2D eigenvalue weighted by Crippen LogP contribution is -2.44. The minimum Gasteiger partial charge on any atom is -0.355 e. The number of carbonyl (C=O) groups excluding carboxylic acids is 2. The number of nitro benzene ring substituents is 1. The van der Waals surface area contributed by atoms with E-state index in [2.05, 4.69) is 10.6 Å². The van der Waals surface area contributed by atoms with Crippen LogP contribution in [0.3, 0.4) is 0 Å². The molecule has 2 amide bonds. The topological polar surface area (TPSA) is 101 Å². The van der Waals surface area contributed by atoms with Gasteiger partial charge >= 0.3 is 0 Å². The van der Waals surface area contributed by atoms with Gasteiger partial charge in [0.05, 0.1) is 4.92 Å². The number of nitrogens with one attached hydrogen (secondary N) is 2. The number of amides is 2. The summed E-state index contributed by atoms with van der Waals surface area (Å²) in [7, 11) is 0. The Labute approximate surface area is 120 Å². The van der Waals surface area contributed by atoms with Gasteiger partial charge in [0, 0.05) is 18.2 Å². The number of likely N-dealkylation sites (N-methyl/N-ethyl adjacent to an activating group) is 1. The van der Waals surface area contributed by atoms with Gasteiger partial charge in [-0.3, -0.25) is 19.7 Å². The van der Waals surface area contributed by atoms with Gasteiger partial charge in [-0.25, -0.2) is 0 Å². The molecule has 0 spiro atoms. The highest BCUT2D eigenvalue weighted by atomic mass is 35.5. The van der Waals surface area contributed by atoms with Crippen molar-refractivity contribution in [2.75, 3.05) is 6.54 Å². The third-order valence-corrected chi connectivity index (χ3v) is 2.80. The fraction of sp³-hybridized carbons (Fsp3) is 0.333. The maximum atomic E-state index is 11.9. The van der Waals surface area contributed by atoms with Crippen LogP contribution in [0.4, 0.5) is 5.69 Å². The predicted octanol–water partition coefficient (Wildman–Crippen LogP) is 1.50. The number of rotatable bonds is 5.